The predicted molar refractivity (Wildman–Crippen MR) is 55.9 cm³/mol. The van der Waals surface area contributed by atoms with Crippen molar-refractivity contribution in [1.82, 2.24) is 14.8 Å². The third-order valence-corrected chi connectivity index (χ3v) is 2.27. The molecule has 90 valence electrons. The molecule has 0 saturated carbocycles. The zero-order chi connectivity index (χ0) is 12.6. The van der Waals surface area contributed by atoms with E-state index in [2.05, 4.69) is 10.1 Å². The number of halogens is 3. The van der Waals surface area contributed by atoms with Crippen LogP contribution in [-0.4, -0.2) is 14.8 Å². The van der Waals surface area contributed by atoms with Crippen LogP contribution in [0.5, 0.6) is 0 Å². The van der Waals surface area contributed by atoms with Gasteiger partial charge >= 0.3 is 6.18 Å². The first kappa shape index (κ1) is 11.4. The Bertz CT molecular complexity index is 508. The van der Waals surface area contributed by atoms with Gasteiger partial charge in [0.25, 0.3) is 0 Å². The molecule has 2 rings (SSSR count). The van der Waals surface area contributed by atoms with E-state index in [1.165, 1.54) is 16.8 Å². The molecule has 7 heteroatoms. The van der Waals surface area contributed by atoms with Crippen LogP contribution >= 0.6 is 0 Å². The molecule has 2 aromatic rings. The Hall–Kier alpha value is -2.05. The molecule has 0 unspecified atom stereocenters. The van der Waals surface area contributed by atoms with Crippen LogP contribution in [0.2, 0.25) is 0 Å². The molecule has 17 heavy (non-hydrogen) atoms. The number of alkyl halides is 3. The monoisotopic (exact) mass is 242 g/mol. The van der Waals surface area contributed by atoms with Crippen molar-refractivity contribution in [2.45, 2.75) is 6.18 Å². The summed E-state index contributed by atoms with van der Waals surface area (Å²) in [5.74, 6) is 0.513. The van der Waals surface area contributed by atoms with E-state index in [9.17, 15) is 13.2 Å². The van der Waals surface area contributed by atoms with Crippen LogP contribution in [0.1, 0.15) is 5.56 Å². The van der Waals surface area contributed by atoms with Gasteiger partial charge in [0.05, 0.1) is 5.56 Å². The lowest BCUT2D eigenvalue weighted by Gasteiger charge is -2.05. The maximum atomic E-state index is 12.3. The highest BCUT2D eigenvalue weighted by Gasteiger charge is 2.30. The average molecular weight is 242 g/mol. The topological polar surface area (TPSA) is 56.7 Å². The number of hydrogen-bond donors (Lipinski definition) is 1. The van der Waals surface area contributed by atoms with E-state index in [1.807, 2.05) is 0 Å². The van der Waals surface area contributed by atoms with Gasteiger partial charge < -0.3 is 5.73 Å². The molecule has 0 atom stereocenters. The van der Waals surface area contributed by atoms with Crippen molar-refractivity contribution < 1.29 is 13.2 Å². The zero-order valence-electron chi connectivity index (χ0n) is 8.86. The third-order valence-electron chi connectivity index (χ3n) is 2.27. The number of anilines is 1. The second-order valence-electron chi connectivity index (χ2n) is 3.49. The van der Waals surface area contributed by atoms with Gasteiger partial charge in [0, 0.05) is 12.6 Å². The number of nitrogen functional groups attached to an aromatic ring is 1. The number of benzene rings is 1. The van der Waals surface area contributed by atoms with E-state index in [-0.39, 0.29) is 5.95 Å². The van der Waals surface area contributed by atoms with E-state index in [0.717, 1.165) is 12.1 Å². The minimum atomic E-state index is -4.34. The summed E-state index contributed by atoms with van der Waals surface area (Å²) < 4.78 is 38.4. The highest BCUT2D eigenvalue weighted by atomic mass is 19.4. The Morgan fingerprint density at radius 1 is 1.18 bits per heavy atom. The van der Waals surface area contributed by atoms with Crippen LogP contribution in [-0.2, 0) is 13.2 Å². The number of aromatic nitrogens is 3. The summed E-state index contributed by atoms with van der Waals surface area (Å²) in [4.78, 5) is 3.92. The first-order valence-electron chi connectivity index (χ1n) is 4.72. The van der Waals surface area contributed by atoms with Gasteiger partial charge in [-0.2, -0.15) is 18.2 Å². The molecule has 0 fully saturated rings. The molecular weight excluding hydrogens is 233 g/mol. The Morgan fingerprint density at radius 2 is 1.76 bits per heavy atom. The Balaban J connectivity index is 2.36. The van der Waals surface area contributed by atoms with Crippen LogP contribution in [0.15, 0.2) is 24.3 Å². The molecule has 1 aromatic heterocycles. The fourth-order valence-electron chi connectivity index (χ4n) is 1.33. The van der Waals surface area contributed by atoms with Crippen LogP contribution in [0.25, 0.3) is 11.4 Å². The van der Waals surface area contributed by atoms with Gasteiger partial charge in [-0.05, 0) is 12.1 Å². The first-order valence-corrected chi connectivity index (χ1v) is 4.72. The smallest absolute Gasteiger partial charge is 0.368 e. The first-order chi connectivity index (χ1) is 7.88. The van der Waals surface area contributed by atoms with Crippen LogP contribution < -0.4 is 5.73 Å². The lowest BCUT2D eigenvalue weighted by molar-refractivity contribution is -0.137. The summed E-state index contributed by atoms with van der Waals surface area (Å²) in [5, 5.41) is 3.97. The molecule has 0 radical (unpaired) electrons. The van der Waals surface area contributed by atoms with E-state index in [0.29, 0.717) is 11.4 Å². The van der Waals surface area contributed by atoms with Gasteiger partial charge in [-0.3, -0.25) is 0 Å². The van der Waals surface area contributed by atoms with Gasteiger partial charge in [-0.1, -0.05) is 12.1 Å². The molecular formula is C10H9F3N4. The lowest BCUT2D eigenvalue weighted by atomic mass is 10.1. The molecule has 1 heterocycles. The summed E-state index contributed by atoms with van der Waals surface area (Å²) in [6.45, 7) is 0. The van der Waals surface area contributed by atoms with E-state index in [1.54, 1.807) is 7.05 Å². The highest BCUT2D eigenvalue weighted by Crippen LogP contribution is 2.30. The molecule has 2 N–H and O–H groups in total. The molecule has 1 aromatic carbocycles. The van der Waals surface area contributed by atoms with Crippen LogP contribution in [0.3, 0.4) is 0 Å². The number of rotatable bonds is 1. The van der Waals surface area contributed by atoms with E-state index in [4.69, 9.17) is 5.73 Å². The highest BCUT2D eigenvalue weighted by molar-refractivity contribution is 5.56. The van der Waals surface area contributed by atoms with Crippen LogP contribution in [0.4, 0.5) is 19.1 Å². The minimum absolute atomic E-state index is 0.208. The fourth-order valence-corrected chi connectivity index (χ4v) is 1.33. The fraction of sp³-hybridized carbons (Fsp3) is 0.200. The summed E-state index contributed by atoms with van der Waals surface area (Å²) in [5.41, 5.74) is 5.27. The summed E-state index contributed by atoms with van der Waals surface area (Å²) >= 11 is 0. The van der Waals surface area contributed by atoms with E-state index >= 15 is 0 Å². The molecule has 4 nitrogen and oxygen atoms in total. The van der Waals surface area contributed by atoms with Crippen molar-refractivity contribution in [3.8, 4) is 11.4 Å². The second kappa shape index (κ2) is 3.76. The predicted octanol–water partition coefficient (Wildman–Crippen LogP) is 2.08. The number of nitrogens with zero attached hydrogens (tertiary/aromatic N) is 3. The molecule has 0 aliphatic rings. The molecule has 0 amide bonds. The molecule has 0 aliphatic heterocycles. The molecule has 0 bridgehead atoms. The Labute approximate surface area is 94.9 Å². The van der Waals surface area contributed by atoms with Crippen molar-refractivity contribution in [2.24, 2.45) is 7.05 Å². The van der Waals surface area contributed by atoms with E-state index < -0.39 is 11.7 Å². The third kappa shape index (κ3) is 2.22. The summed E-state index contributed by atoms with van der Waals surface area (Å²) in [6.07, 6.45) is -4.34. The van der Waals surface area contributed by atoms with Crippen molar-refractivity contribution >= 4 is 5.95 Å². The van der Waals surface area contributed by atoms with Gasteiger partial charge in [0.1, 0.15) is 0 Å². The standard InChI is InChI=1S/C10H9F3N4/c1-17-9(14)15-8(16-17)6-2-4-7(5-3-6)10(11,12)13/h2-5H,1H3,(H2,14,15,16). The summed E-state index contributed by atoms with van der Waals surface area (Å²) in [6, 6.07) is 4.61. The summed E-state index contributed by atoms with van der Waals surface area (Å²) in [7, 11) is 1.61. The normalized spacial score (nSPS) is 11.8. The molecule has 0 aliphatic carbocycles. The average Bonchev–Trinajstić information content (AvgIpc) is 2.58. The minimum Gasteiger partial charge on any atom is -0.368 e. The molecule has 0 spiro atoms. The zero-order valence-corrected chi connectivity index (χ0v) is 8.86. The van der Waals surface area contributed by atoms with Gasteiger partial charge in [0.15, 0.2) is 5.82 Å². The van der Waals surface area contributed by atoms with Crippen LogP contribution in [0, 0.1) is 0 Å². The molecule has 0 saturated heterocycles. The van der Waals surface area contributed by atoms with Crippen molar-refractivity contribution in [3.63, 3.8) is 0 Å². The SMILES string of the molecule is Cn1nc(-c2ccc(C(F)(F)F)cc2)nc1N. The lowest BCUT2D eigenvalue weighted by Crippen LogP contribution is -2.04. The van der Waals surface area contributed by atoms with Crippen molar-refractivity contribution in [3.05, 3.63) is 29.8 Å². The quantitative estimate of drug-likeness (QED) is 0.832. The van der Waals surface area contributed by atoms with Gasteiger partial charge in [-0.25, -0.2) is 4.68 Å². The largest absolute Gasteiger partial charge is 0.416 e. The number of nitrogens with two attached hydrogens (primary N) is 1. The number of hydrogen-bond acceptors (Lipinski definition) is 3. The number of aryl methyl sites for hydroxylation is 1. The Kier molecular flexibility index (Phi) is 2.53. The maximum Gasteiger partial charge on any atom is 0.416 e. The maximum absolute atomic E-state index is 12.3. The van der Waals surface area contributed by atoms with Crippen molar-refractivity contribution in [2.75, 3.05) is 5.73 Å². The van der Waals surface area contributed by atoms with Gasteiger partial charge in [-0.15, -0.1) is 5.10 Å². The van der Waals surface area contributed by atoms with Gasteiger partial charge in [0.2, 0.25) is 5.95 Å². The van der Waals surface area contributed by atoms with Crippen molar-refractivity contribution in [1.29, 1.82) is 0 Å². The Morgan fingerprint density at radius 3 is 2.18 bits per heavy atom. The second-order valence-corrected chi connectivity index (χ2v) is 3.49.